The van der Waals surface area contributed by atoms with Crippen LogP contribution >= 0.6 is 0 Å². The van der Waals surface area contributed by atoms with Crippen molar-refractivity contribution in [2.24, 2.45) is 5.73 Å². The SMILES string of the molecule is COc1nc(N(CCN)C(C)=O)nc(OC)c1NC(=O)C1OC(Oc2cc([Si](C)(C)C)ccc2C)=CC1=O. The van der Waals surface area contributed by atoms with Crippen molar-refractivity contribution >= 4 is 42.5 Å². The Bertz CT molecular complexity index is 1250. The second kappa shape index (κ2) is 11.6. The first-order chi connectivity index (χ1) is 17.9. The first-order valence-electron chi connectivity index (χ1n) is 11.9. The van der Waals surface area contributed by atoms with Gasteiger partial charge >= 0.3 is 0 Å². The Balaban J connectivity index is 1.81. The van der Waals surface area contributed by atoms with Gasteiger partial charge in [-0.2, -0.15) is 9.97 Å². The first kappa shape index (κ1) is 28.6. The molecule has 1 aromatic heterocycles. The van der Waals surface area contributed by atoms with Crippen LogP contribution in [0.3, 0.4) is 0 Å². The van der Waals surface area contributed by atoms with Gasteiger partial charge < -0.3 is 30.0 Å². The largest absolute Gasteiger partial charge is 0.479 e. The van der Waals surface area contributed by atoms with E-state index >= 15 is 0 Å². The van der Waals surface area contributed by atoms with Crippen LogP contribution in [0.25, 0.3) is 0 Å². The van der Waals surface area contributed by atoms with E-state index in [1.165, 1.54) is 31.2 Å². The van der Waals surface area contributed by atoms with Crippen molar-refractivity contribution in [3.8, 4) is 17.5 Å². The lowest BCUT2D eigenvalue weighted by atomic mass is 10.2. The Morgan fingerprint density at radius 1 is 1.16 bits per heavy atom. The normalized spacial score (nSPS) is 14.9. The zero-order valence-electron chi connectivity index (χ0n) is 22.6. The molecule has 13 heteroatoms. The summed E-state index contributed by atoms with van der Waals surface area (Å²) >= 11 is 0. The Labute approximate surface area is 222 Å². The minimum atomic E-state index is -1.61. The lowest BCUT2D eigenvalue weighted by Gasteiger charge is -2.21. The van der Waals surface area contributed by atoms with Crippen molar-refractivity contribution in [2.75, 3.05) is 37.5 Å². The van der Waals surface area contributed by atoms with Crippen molar-refractivity contribution in [1.82, 2.24) is 9.97 Å². The van der Waals surface area contributed by atoms with E-state index in [-0.39, 0.29) is 48.3 Å². The number of nitrogens with zero attached hydrogens (tertiary/aromatic N) is 3. The number of carbonyl (C=O) groups excluding carboxylic acids is 3. The van der Waals surface area contributed by atoms with Gasteiger partial charge in [-0.15, -0.1) is 0 Å². The van der Waals surface area contributed by atoms with E-state index in [0.717, 1.165) is 11.6 Å². The Morgan fingerprint density at radius 3 is 2.32 bits per heavy atom. The molecule has 0 aliphatic carbocycles. The zero-order valence-corrected chi connectivity index (χ0v) is 23.6. The number of nitrogens with two attached hydrogens (primary N) is 1. The van der Waals surface area contributed by atoms with Gasteiger partial charge in [0.2, 0.25) is 35.5 Å². The predicted molar refractivity (Wildman–Crippen MR) is 144 cm³/mol. The van der Waals surface area contributed by atoms with Gasteiger partial charge in [0.25, 0.3) is 11.9 Å². The van der Waals surface area contributed by atoms with Crippen molar-refractivity contribution in [2.45, 2.75) is 39.6 Å². The fourth-order valence-corrected chi connectivity index (χ4v) is 4.72. The third-order valence-corrected chi connectivity index (χ3v) is 7.74. The maximum atomic E-state index is 13.1. The summed E-state index contributed by atoms with van der Waals surface area (Å²) in [5, 5.41) is 3.71. The molecule has 3 rings (SSSR count). The van der Waals surface area contributed by atoms with Crippen LogP contribution < -0.4 is 35.3 Å². The third kappa shape index (κ3) is 6.29. The van der Waals surface area contributed by atoms with E-state index in [2.05, 4.69) is 41.0 Å². The second-order valence-corrected chi connectivity index (χ2v) is 14.6. The van der Waals surface area contributed by atoms with E-state index < -0.39 is 25.9 Å². The number of rotatable bonds is 10. The monoisotopic (exact) mass is 543 g/mol. The molecule has 0 saturated carbocycles. The average molecular weight is 544 g/mol. The van der Waals surface area contributed by atoms with E-state index in [1.807, 2.05) is 19.1 Å². The number of anilines is 2. The maximum Gasteiger partial charge on any atom is 0.289 e. The third-order valence-electron chi connectivity index (χ3n) is 5.70. The number of ketones is 1. The molecule has 2 heterocycles. The summed E-state index contributed by atoms with van der Waals surface area (Å²) in [6.45, 7) is 10.2. The highest BCUT2D eigenvalue weighted by Gasteiger charge is 2.37. The molecule has 0 saturated heterocycles. The summed E-state index contributed by atoms with van der Waals surface area (Å²) in [6.07, 6.45) is -0.373. The molecule has 1 aromatic carbocycles. The highest BCUT2D eigenvalue weighted by atomic mass is 28.3. The van der Waals surface area contributed by atoms with Gasteiger partial charge in [0.15, 0.2) is 5.69 Å². The van der Waals surface area contributed by atoms with Gasteiger partial charge in [-0.25, -0.2) is 0 Å². The summed E-state index contributed by atoms with van der Waals surface area (Å²) in [4.78, 5) is 47.4. The van der Waals surface area contributed by atoms with Crippen molar-refractivity contribution < 1.29 is 33.3 Å². The number of hydrogen-bond donors (Lipinski definition) is 2. The van der Waals surface area contributed by atoms with Crippen LogP contribution in [0.15, 0.2) is 30.2 Å². The summed E-state index contributed by atoms with van der Waals surface area (Å²) in [5.41, 5.74) is 6.41. The molecule has 38 heavy (non-hydrogen) atoms. The Morgan fingerprint density at radius 2 is 1.79 bits per heavy atom. The molecule has 1 atom stereocenters. The molecule has 1 unspecified atom stereocenters. The highest BCUT2D eigenvalue weighted by molar-refractivity contribution is 6.88. The fourth-order valence-electron chi connectivity index (χ4n) is 3.57. The number of aryl methyl sites for hydroxylation is 1. The van der Waals surface area contributed by atoms with E-state index in [0.29, 0.717) is 5.75 Å². The Kier molecular flexibility index (Phi) is 8.73. The predicted octanol–water partition coefficient (Wildman–Crippen LogP) is 1.49. The number of carbonyl (C=O) groups is 3. The summed E-state index contributed by atoms with van der Waals surface area (Å²) in [5.74, 6) is -1.48. The van der Waals surface area contributed by atoms with Crippen LogP contribution in [0.2, 0.25) is 19.6 Å². The van der Waals surface area contributed by atoms with Crippen LogP contribution in [0, 0.1) is 6.92 Å². The first-order valence-corrected chi connectivity index (χ1v) is 15.4. The van der Waals surface area contributed by atoms with Crippen LogP contribution in [-0.2, 0) is 19.1 Å². The Hall–Kier alpha value is -3.97. The minimum absolute atomic E-state index is 0.0175. The smallest absolute Gasteiger partial charge is 0.289 e. The molecule has 0 fully saturated rings. The van der Waals surface area contributed by atoms with Gasteiger partial charge in [-0.1, -0.05) is 37.0 Å². The molecule has 0 spiro atoms. The molecule has 2 aromatic rings. The van der Waals surface area contributed by atoms with Gasteiger partial charge in [0.1, 0.15) is 5.75 Å². The maximum absolute atomic E-state index is 13.1. The molecule has 12 nitrogen and oxygen atoms in total. The molecule has 1 aliphatic heterocycles. The number of nitrogens with one attached hydrogen (secondary N) is 1. The lowest BCUT2D eigenvalue weighted by Crippen LogP contribution is -2.37. The molecule has 204 valence electrons. The molecule has 0 bridgehead atoms. The zero-order chi connectivity index (χ0) is 28.2. The number of aromatic nitrogens is 2. The molecule has 1 aliphatic rings. The van der Waals surface area contributed by atoms with Crippen LogP contribution in [-0.4, -0.2) is 69.1 Å². The fraction of sp³-hybridized carbons (Fsp3) is 0.400. The van der Waals surface area contributed by atoms with Crippen LogP contribution in [0.1, 0.15) is 12.5 Å². The molecule has 0 radical (unpaired) electrons. The summed E-state index contributed by atoms with van der Waals surface area (Å²) < 4.78 is 22.0. The number of amides is 2. The minimum Gasteiger partial charge on any atom is -0.479 e. The number of ether oxygens (including phenoxy) is 4. The van der Waals surface area contributed by atoms with E-state index in [4.69, 9.17) is 24.7 Å². The highest BCUT2D eigenvalue weighted by Crippen LogP contribution is 2.34. The quantitative estimate of drug-likeness (QED) is 0.332. The molecule has 3 N–H and O–H groups in total. The molecular weight excluding hydrogens is 510 g/mol. The number of benzene rings is 1. The lowest BCUT2D eigenvalue weighted by molar-refractivity contribution is -0.134. The van der Waals surface area contributed by atoms with Crippen molar-refractivity contribution in [3.05, 3.63) is 35.8 Å². The summed E-state index contributed by atoms with van der Waals surface area (Å²) in [7, 11) is 1.04. The van der Waals surface area contributed by atoms with E-state index in [9.17, 15) is 14.4 Å². The summed E-state index contributed by atoms with van der Waals surface area (Å²) in [6, 6.07) is 5.96. The van der Waals surface area contributed by atoms with E-state index in [1.54, 1.807) is 0 Å². The van der Waals surface area contributed by atoms with Crippen LogP contribution in [0.4, 0.5) is 11.6 Å². The van der Waals surface area contributed by atoms with Crippen LogP contribution in [0.5, 0.6) is 17.5 Å². The molecule has 2 amide bonds. The standard InChI is InChI=1S/C25H33N5O7Si/c1-14-8-9-16(38(5,6)7)12-18(14)36-19-13-17(32)21(37-19)22(33)27-20-23(34-3)28-25(29-24(20)35-4)30(11-10-26)15(2)31/h8-9,12-13,21H,10-11,26H2,1-7H3,(H,27,33). The average Bonchev–Trinajstić information content (AvgIpc) is 3.22. The molecular formula is C25H33N5O7Si. The van der Waals surface area contributed by atoms with Gasteiger partial charge in [0, 0.05) is 20.0 Å². The second-order valence-electron chi connectivity index (χ2n) is 9.56. The number of methoxy groups -OCH3 is 2. The van der Waals surface area contributed by atoms with Gasteiger partial charge in [-0.05, 0) is 18.6 Å². The van der Waals surface area contributed by atoms with Crippen molar-refractivity contribution in [1.29, 1.82) is 0 Å². The number of hydrogen-bond acceptors (Lipinski definition) is 10. The van der Waals surface area contributed by atoms with Gasteiger partial charge in [0.05, 0.1) is 28.4 Å². The van der Waals surface area contributed by atoms with Gasteiger partial charge in [-0.3, -0.25) is 19.3 Å². The topological polar surface area (TPSA) is 155 Å². The van der Waals surface area contributed by atoms with Crippen molar-refractivity contribution in [3.63, 3.8) is 0 Å².